The number of nitrogens with zero attached hydrogens (tertiary/aromatic N) is 4. The summed E-state index contributed by atoms with van der Waals surface area (Å²) in [6.45, 7) is 2.29. The normalized spacial score (nSPS) is 12.2. The fraction of sp³-hybridized carbons (Fsp3) is 0.250. The van der Waals surface area contributed by atoms with Crippen LogP contribution in [0.25, 0.3) is 16.7 Å². The van der Waals surface area contributed by atoms with Gasteiger partial charge >= 0.3 is 0 Å². The second-order valence-electron chi connectivity index (χ2n) is 6.73. The van der Waals surface area contributed by atoms with Gasteiger partial charge in [0.25, 0.3) is 11.7 Å². The van der Waals surface area contributed by atoms with Crippen molar-refractivity contribution >= 4 is 28.6 Å². The Morgan fingerprint density at radius 1 is 1.24 bits per heavy atom. The Kier molecular flexibility index (Phi) is 5.19. The molecule has 1 aromatic carbocycles. The topological polar surface area (TPSA) is 114 Å². The summed E-state index contributed by atoms with van der Waals surface area (Å²) < 4.78 is 7.07. The van der Waals surface area contributed by atoms with E-state index in [4.69, 9.17) is 4.42 Å². The average Bonchev–Trinajstić information content (AvgIpc) is 3.31. The Hall–Kier alpha value is -3.75. The highest BCUT2D eigenvalue weighted by Crippen LogP contribution is 2.18. The highest BCUT2D eigenvalue weighted by Gasteiger charge is 2.14. The third-order valence-electron chi connectivity index (χ3n) is 4.40. The molecule has 2 amide bonds. The number of hydrogen-bond acceptors (Lipinski definition) is 6. The van der Waals surface area contributed by atoms with Crippen LogP contribution in [0.2, 0.25) is 0 Å². The van der Waals surface area contributed by atoms with Crippen LogP contribution in [0.3, 0.4) is 0 Å². The van der Waals surface area contributed by atoms with Crippen LogP contribution >= 0.6 is 0 Å². The van der Waals surface area contributed by atoms with Crippen molar-refractivity contribution in [3.63, 3.8) is 0 Å². The van der Waals surface area contributed by atoms with E-state index in [-0.39, 0.29) is 30.0 Å². The van der Waals surface area contributed by atoms with E-state index in [1.807, 2.05) is 31.2 Å². The third kappa shape index (κ3) is 4.40. The SMILES string of the molecule is C[C@@H](CCNC(=O)c1cc2ccccc2o1)NC(=O)Cc1nc2ncccn2n1. The number of para-hydroxylation sites is 1. The van der Waals surface area contributed by atoms with E-state index in [1.165, 1.54) is 4.52 Å². The first kappa shape index (κ1) is 18.6. The number of amides is 2. The summed E-state index contributed by atoms with van der Waals surface area (Å²) >= 11 is 0. The highest BCUT2D eigenvalue weighted by molar-refractivity contribution is 5.96. The molecule has 0 saturated carbocycles. The largest absolute Gasteiger partial charge is 0.451 e. The van der Waals surface area contributed by atoms with Gasteiger partial charge in [0.05, 0.1) is 6.42 Å². The predicted molar refractivity (Wildman–Crippen MR) is 105 cm³/mol. The average molecular weight is 392 g/mol. The van der Waals surface area contributed by atoms with Crippen molar-refractivity contribution in [1.82, 2.24) is 30.2 Å². The second-order valence-corrected chi connectivity index (χ2v) is 6.73. The fourth-order valence-corrected chi connectivity index (χ4v) is 2.98. The number of aromatic nitrogens is 4. The zero-order valence-electron chi connectivity index (χ0n) is 15.8. The van der Waals surface area contributed by atoms with Gasteiger partial charge in [0.15, 0.2) is 11.6 Å². The first-order valence-corrected chi connectivity index (χ1v) is 9.31. The molecule has 9 heteroatoms. The Morgan fingerprint density at radius 2 is 2.10 bits per heavy atom. The van der Waals surface area contributed by atoms with Gasteiger partial charge in [-0.2, -0.15) is 4.98 Å². The molecular weight excluding hydrogens is 372 g/mol. The number of carbonyl (C=O) groups is 2. The van der Waals surface area contributed by atoms with Crippen LogP contribution in [0.1, 0.15) is 29.7 Å². The van der Waals surface area contributed by atoms with Crippen LogP contribution in [0.15, 0.2) is 53.2 Å². The third-order valence-corrected chi connectivity index (χ3v) is 4.40. The van der Waals surface area contributed by atoms with Crippen molar-refractivity contribution < 1.29 is 14.0 Å². The molecule has 0 fully saturated rings. The lowest BCUT2D eigenvalue weighted by Crippen LogP contribution is -2.37. The summed E-state index contributed by atoms with van der Waals surface area (Å²) in [6.07, 6.45) is 4.00. The number of benzene rings is 1. The van der Waals surface area contributed by atoms with Crippen molar-refractivity contribution in [2.24, 2.45) is 0 Å². The molecule has 0 spiro atoms. The molecule has 0 aliphatic carbocycles. The van der Waals surface area contributed by atoms with Gasteiger partial charge in [-0.25, -0.2) is 9.50 Å². The van der Waals surface area contributed by atoms with Crippen molar-refractivity contribution in [2.45, 2.75) is 25.8 Å². The minimum Gasteiger partial charge on any atom is -0.451 e. The van der Waals surface area contributed by atoms with Gasteiger partial charge in [0.1, 0.15) is 5.58 Å². The molecule has 0 bridgehead atoms. The molecule has 0 saturated heterocycles. The summed E-state index contributed by atoms with van der Waals surface area (Å²) in [4.78, 5) is 32.7. The van der Waals surface area contributed by atoms with E-state index in [9.17, 15) is 9.59 Å². The maximum Gasteiger partial charge on any atom is 0.287 e. The quantitative estimate of drug-likeness (QED) is 0.495. The first-order valence-electron chi connectivity index (χ1n) is 9.31. The van der Waals surface area contributed by atoms with E-state index in [1.54, 1.807) is 24.5 Å². The molecule has 0 aliphatic rings. The van der Waals surface area contributed by atoms with E-state index in [0.717, 1.165) is 5.39 Å². The highest BCUT2D eigenvalue weighted by atomic mass is 16.3. The molecule has 4 rings (SSSR count). The van der Waals surface area contributed by atoms with Crippen molar-refractivity contribution in [1.29, 1.82) is 0 Å². The summed E-state index contributed by atoms with van der Waals surface area (Å²) in [5.74, 6) is 0.677. The lowest BCUT2D eigenvalue weighted by Gasteiger charge is -2.13. The van der Waals surface area contributed by atoms with Crippen LogP contribution in [0.4, 0.5) is 0 Å². The lowest BCUT2D eigenvalue weighted by molar-refractivity contribution is -0.121. The Bertz CT molecular complexity index is 1100. The van der Waals surface area contributed by atoms with Crippen LogP contribution in [-0.4, -0.2) is 44.0 Å². The van der Waals surface area contributed by atoms with Crippen LogP contribution in [0.5, 0.6) is 0 Å². The van der Waals surface area contributed by atoms with Gasteiger partial charge in [-0.15, -0.1) is 5.10 Å². The van der Waals surface area contributed by atoms with Crippen LogP contribution in [0, 0.1) is 0 Å². The summed E-state index contributed by atoms with van der Waals surface area (Å²) in [7, 11) is 0. The Morgan fingerprint density at radius 3 is 2.93 bits per heavy atom. The minimum absolute atomic E-state index is 0.0685. The van der Waals surface area contributed by atoms with E-state index in [2.05, 4.69) is 25.7 Å². The number of nitrogens with one attached hydrogen (secondary N) is 2. The van der Waals surface area contributed by atoms with Gasteiger partial charge in [-0.05, 0) is 31.5 Å². The molecule has 0 radical (unpaired) electrons. The first-order chi connectivity index (χ1) is 14.1. The predicted octanol–water partition coefficient (Wildman–Crippen LogP) is 1.74. The second kappa shape index (κ2) is 8.09. The lowest BCUT2D eigenvalue weighted by atomic mass is 10.2. The number of hydrogen-bond donors (Lipinski definition) is 2. The molecule has 1 atom stereocenters. The molecule has 0 unspecified atom stereocenters. The van der Waals surface area contributed by atoms with Gasteiger partial charge < -0.3 is 15.1 Å². The van der Waals surface area contributed by atoms with Crippen LogP contribution in [-0.2, 0) is 11.2 Å². The van der Waals surface area contributed by atoms with Crippen LogP contribution < -0.4 is 10.6 Å². The Labute approximate surface area is 166 Å². The van der Waals surface area contributed by atoms with Crippen molar-refractivity contribution in [3.8, 4) is 0 Å². The van der Waals surface area contributed by atoms with Gasteiger partial charge in [-0.3, -0.25) is 9.59 Å². The Balaban J connectivity index is 1.23. The van der Waals surface area contributed by atoms with Crippen molar-refractivity contribution in [2.75, 3.05) is 6.54 Å². The maximum absolute atomic E-state index is 12.2. The number of carbonyl (C=O) groups excluding carboxylic acids is 2. The molecule has 3 aromatic heterocycles. The molecule has 2 N–H and O–H groups in total. The van der Waals surface area contributed by atoms with E-state index < -0.39 is 0 Å². The number of rotatable bonds is 7. The fourth-order valence-electron chi connectivity index (χ4n) is 2.98. The number of furan rings is 1. The smallest absolute Gasteiger partial charge is 0.287 e. The molecular formula is C20H20N6O3. The van der Waals surface area contributed by atoms with Crippen molar-refractivity contribution in [3.05, 3.63) is 60.4 Å². The molecule has 0 aliphatic heterocycles. The molecule has 4 aromatic rings. The molecule has 3 heterocycles. The maximum atomic E-state index is 12.2. The van der Waals surface area contributed by atoms with Gasteiger partial charge in [0.2, 0.25) is 5.91 Å². The summed E-state index contributed by atoms with van der Waals surface area (Å²) in [5, 5.41) is 10.8. The molecule has 148 valence electrons. The van der Waals surface area contributed by atoms with E-state index in [0.29, 0.717) is 30.2 Å². The van der Waals surface area contributed by atoms with Gasteiger partial charge in [-0.1, -0.05) is 18.2 Å². The summed E-state index contributed by atoms with van der Waals surface area (Å²) in [6, 6.07) is 10.8. The van der Waals surface area contributed by atoms with Gasteiger partial charge in [0, 0.05) is 30.4 Å². The minimum atomic E-state index is -0.277. The number of fused-ring (bicyclic) bond motifs is 2. The zero-order chi connectivity index (χ0) is 20.2. The summed E-state index contributed by atoms with van der Waals surface area (Å²) in [5.41, 5.74) is 0.675. The van der Waals surface area contributed by atoms with E-state index >= 15 is 0 Å². The standard InChI is InChI=1S/C20H20N6O3/c1-13(23-18(27)12-17-24-20-22-8-4-10-26(20)25-17)7-9-21-19(28)16-11-14-5-2-3-6-15(14)29-16/h2-6,8,10-11,13H,7,9,12H2,1H3,(H,21,28)(H,23,27)/t13-/m0/s1. The molecule has 29 heavy (non-hydrogen) atoms. The molecule has 9 nitrogen and oxygen atoms in total. The zero-order valence-corrected chi connectivity index (χ0v) is 15.8. The monoisotopic (exact) mass is 392 g/mol.